The largest absolute Gasteiger partial charge is 0.465 e. The monoisotopic (exact) mass is 307 g/mol. The second kappa shape index (κ2) is 5.74. The zero-order chi connectivity index (χ0) is 16.5. The van der Waals surface area contributed by atoms with E-state index in [4.69, 9.17) is 0 Å². The molecule has 1 fully saturated rings. The SMILES string of the molecule is CC(=O)CCc1cnn(C2(C(C)(C)C)CCN(C(=O)O)C2)c1. The van der Waals surface area contributed by atoms with Crippen LogP contribution in [0.1, 0.15) is 46.1 Å². The first-order valence-electron chi connectivity index (χ1n) is 7.67. The molecule has 0 spiro atoms. The Balaban J connectivity index is 2.28. The maximum absolute atomic E-state index is 11.3. The van der Waals surface area contributed by atoms with Crippen LogP contribution in [0.4, 0.5) is 4.79 Å². The van der Waals surface area contributed by atoms with Crippen molar-refractivity contribution in [2.24, 2.45) is 5.41 Å². The zero-order valence-electron chi connectivity index (χ0n) is 13.8. The predicted octanol–water partition coefficient (Wildman–Crippen LogP) is 2.53. The summed E-state index contributed by atoms with van der Waals surface area (Å²) in [7, 11) is 0. The highest BCUT2D eigenvalue weighted by atomic mass is 16.4. The average Bonchev–Trinajstić information content (AvgIpc) is 3.03. The summed E-state index contributed by atoms with van der Waals surface area (Å²) in [6.07, 6.45) is 4.82. The third-order valence-electron chi connectivity index (χ3n) is 4.75. The van der Waals surface area contributed by atoms with Gasteiger partial charge >= 0.3 is 6.09 Å². The van der Waals surface area contributed by atoms with Gasteiger partial charge in [0.25, 0.3) is 0 Å². The van der Waals surface area contributed by atoms with Gasteiger partial charge < -0.3 is 14.8 Å². The van der Waals surface area contributed by atoms with Crippen LogP contribution in [-0.2, 0) is 16.8 Å². The molecule has 6 heteroatoms. The Morgan fingerprint density at radius 3 is 2.59 bits per heavy atom. The molecular formula is C16H25N3O3. The van der Waals surface area contributed by atoms with Gasteiger partial charge in [-0.2, -0.15) is 5.10 Å². The Labute approximate surface area is 131 Å². The number of carbonyl (C=O) groups excluding carboxylic acids is 1. The number of likely N-dealkylation sites (tertiary alicyclic amines) is 1. The Hall–Kier alpha value is -1.85. The first kappa shape index (κ1) is 16.5. The molecule has 0 saturated carbocycles. The summed E-state index contributed by atoms with van der Waals surface area (Å²) in [5.41, 5.74) is 0.550. The van der Waals surface area contributed by atoms with Gasteiger partial charge in [-0.25, -0.2) is 4.79 Å². The van der Waals surface area contributed by atoms with Gasteiger partial charge in [0.1, 0.15) is 5.78 Å². The molecule has 1 saturated heterocycles. The average molecular weight is 307 g/mol. The molecule has 1 unspecified atom stereocenters. The number of hydrogen-bond donors (Lipinski definition) is 1. The van der Waals surface area contributed by atoms with E-state index in [9.17, 15) is 14.7 Å². The molecule has 122 valence electrons. The summed E-state index contributed by atoms with van der Waals surface area (Å²) in [6, 6.07) is 0. The first-order chi connectivity index (χ1) is 10.2. The lowest BCUT2D eigenvalue weighted by Crippen LogP contribution is -2.48. The first-order valence-corrected chi connectivity index (χ1v) is 7.67. The quantitative estimate of drug-likeness (QED) is 0.927. The summed E-state index contributed by atoms with van der Waals surface area (Å²) in [5.74, 6) is 0.163. The molecule has 1 aromatic heterocycles. The fraction of sp³-hybridized carbons (Fsp3) is 0.688. The lowest BCUT2D eigenvalue weighted by molar-refractivity contribution is -0.116. The van der Waals surface area contributed by atoms with E-state index in [1.807, 2.05) is 10.9 Å². The van der Waals surface area contributed by atoms with E-state index in [2.05, 4.69) is 25.9 Å². The van der Waals surface area contributed by atoms with E-state index in [0.29, 0.717) is 25.9 Å². The van der Waals surface area contributed by atoms with Gasteiger partial charge in [-0.1, -0.05) is 20.8 Å². The standard InChI is InChI=1S/C16H25N3O3/c1-12(20)5-6-13-9-17-19(10-13)16(15(2,3)4)7-8-18(11-16)14(21)22/h9-10H,5-8,11H2,1-4H3,(H,21,22). The van der Waals surface area contributed by atoms with Gasteiger partial charge in [-0.3, -0.25) is 4.68 Å². The van der Waals surface area contributed by atoms with Crippen molar-refractivity contribution in [3.05, 3.63) is 18.0 Å². The van der Waals surface area contributed by atoms with Gasteiger partial charge in [0.2, 0.25) is 0 Å². The summed E-state index contributed by atoms with van der Waals surface area (Å²) < 4.78 is 1.92. The molecule has 0 aromatic carbocycles. The maximum atomic E-state index is 11.3. The minimum atomic E-state index is -0.880. The highest BCUT2D eigenvalue weighted by Gasteiger charge is 2.50. The van der Waals surface area contributed by atoms with Crippen molar-refractivity contribution in [2.45, 2.75) is 52.5 Å². The third-order valence-corrected chi connectivity index (χ3v) is 4.75. The van der Waals surface area contributed by atoms with Gasteiger partial charge in [0.05, 0.1) is 11.7 Å². The predicted molar refractivity (Wildman–Crippen MR) is 82.9 cm³/mol. The van der Waals surface area contributed by atoms with Crippen molar-refractivity contribution in [3.63, 3.8) is 0 Å². The number of aryl methyl sites for hydroxylation is 1. The summed E-state index contributed by atoms with van der Waals surface area (Å²) >= 11 is 0. The summed E-state index contributed by atoms with van der Waals surface area (Å²) in [4.78, 5) is 23.9. The van der Waals surface area contributed by atoms with Gasteiger partial charge in [-0.05, 0) is 30.7 Å². The van der Waals surface area contributed by atoms with E-state index in [0.717, 1.165) is 12.0 Å². The molecule has 1 atom stereocenters. The van der Waals surface area contributed by atoms with Crippen LogP contribution in [0, 0.1) is 5.41 Å². The molecule has 1 aliphatic heterocycles. The van der Waals surface area contributed by atoms with Gasteiger partial charge in [0, 0.05) is 25.7 Å². The number of hydrogen-bond acceptors (Lipinski definition) is 3. The minimum absolute atomic E-state index is 0.124. The number of rotatable bonds is 4. The van der Waals surface area contributed by atoms with Crippen molar-refractivity contribution in [3.8, 4) is 0 Å². The fourth-order valence-electron chi connectivity index (χ4n) is 3.14. The van der Waals surface area contributed by atoms with Gasteiger partial charge in [0.15, 0.2) is 0 Å². The van der Waals surface area contributed by atoms with Crippen LogP contribution in [0.5, 0.6) is 0 Å². The van der Waals surface area contributed by atoms with Gasteiger partial charge in [-0.15, -0.1) is 0 Å². The van der Waals surface area contributed by atoms with Crippen LogP contribution in [0.25, 0.3) is 0 Å². The fourth-order valence-corrected chi connectivity index (χ4v) is 3.14. The maximum Gasteiger partial charge on any atom is 0.407 e. The smallest absolute Gasteiger partial charge is 0.407 e. The number of amides is 1. The number of Topliss-reactive ketones (excluding diaryl/α,β-unsaturated/α-hetero) is 1. The van der Waals surface area contributed by atoms with E-state index in [1.54, 1.807) is 13.1 Å². The van der Waals surface area contributed by atoms with Crippen LogP contribution >= 0.6 is 0 Å². The molecule has 0 radical (unpaired) electrons. The molecule has 22 heavy (non-hydrogen) atoms. The lowest BCUT2D eigenvalue weighted by Gasteiger charge is -2.41. The van der Waals surface area contributed by atoms with Crippen molar-refractivity contribution in [2.75, 3.05) is 13.1 Å². The molecule has 1 N–H and O–H groups in total. The molecular weight excluding hydrogens is 282 g/mol. The highest BCUT2D eigenvalue weighted by molar-refractivity contribution is 5.75. The molecule has 1 amide bonds. The number of carbonyl (C=O) groups is 2. The number of carboxylic acid groups (broad SMARTS) is 1. The minimum Gasteiger partial charge on any atom is -0.465 e. The van der Waals surface area contributed by atoms with E-state index < -0.39 is 6.09 Å². The van der Waals surface area contributed by atoms with E-state index in [-0.39, 0.29) is 16.7 Å². The molecule has 0 aliphatic carbocycles. The van der Waals surface area contributed by atoms with Crippen LogP contribution in [0.15, 0.2) is 12.4 Å². The van der Waals surface area contributed by atoms with E-state index >= 15 is 0 Å². The zero-order valence-corrected chi connectivity index (χ0v) is 13.8. The van der Waals surface area contributed by atoms with Crippen molar-refractivity contribution in [1.29, 1.82) is 0 Å². The van der Waals surface area contributed by atoms with Crippen LogP contribution in [0.3, 0.4) is 0 Å². The molecule has 1 aliphatic rings. The van der Waals surface area contributed by atoms with Crippen LogP contribution in [0.2, 0.25) is 0 Å². The Morgan fingerprint density at radius 1 is 1.41 bits per heavy atom. The highest BCUT2D eigenvalue weighted by Crippen LogP contribution is 2.44. The molecule has 6 nitrogen and oxygen atoms in total. The number of aromatic nitrogens is 2. The molecule has 2 heterocycles. The summed E-state index contributed by atoms with van der Waals surface area (Å²) in [5, 5.41) is 13.8. The molecule has 2 rings (SSSR count). The molecule has 1 aromatic rings. The summed E-state index contributed by atoms with van der Waals surface area (Å²) in [6.45, 7) is 8.91. The Morgan fingerprint density at radius 2 is 2.09 bits per heavy atom. The topological polar surface area (TPSA) is 75.4 Å². The Kier molecular flexibility index (Phi) is 4.31. The Bertz CT molecular complexity index is 573. The number of nitrogens with zero attached hydrogens (tertiary/aromatic N) is 3. The van der Waals surface area contributed by atoms with E-state index in [1.165, 1.54) is 4.90 Å². The number of ketones is 1. The van der Waals surface area contributed by atoms with Crippen molar-refractivity contribution < 1.29 is 14.7 Å². The third kappa shape index (κ3) is 3.00. The second-order valence-electron chi connectivity index (χ2n) is 7.23. The van der Waals surface area contributed by atoms with Crippen LogP contribution < -0.4 is 0 Å². The molecule has 0 bridgehead atoms. The van der Waals surface area contributed by atoms with Crippen molar-refractivity contribution in [1.82, 2.24) is 14.7 Å². The lowest BCUT2D eigenvalue weighted by atomic mass is 9.73. The van der Waals surface area contributed by atoms with Crippen LogP contribution in [-0.4, -0.2) is 44.8 Å². The second-order valence-corrected chi connectivity index (χ2v) is 7.23. The van der Waals surface area contributed by atoms with Crippen molar-refractivity contribution >= 4 is 11.9 Å². The normalized spacial score (nSPS) is 22.1.